The predicted molar refractivity (Wildman–Crippen MR) is 84.3 cm³/mol. The lowest BCUT2D eigenvalue weighted by atomic mass is 10.0. The van der Waals surface area contributed by atoms with E-state index in [2.05, 4.69) is 55.4 Å². The van der Waals surface area contributed by atoms with E-state index in [0.29, 0.717) is 10.8 Å². The van der Waals surface area contributed by atoms with Crippen LogP contribution in [0.3, 0.4) is 0 Å². The molecule has 0 saturated heterocycles. The first-order valence-corrected chi connectivity index (χ1v) is 7.00. The summed E-state index contributed by atoms with van der Waals surface area (Å²) in [6.45, 7) is 29.5. The minimum Gasteiger partial charge on any atom is -0.0683 e. The molecule has 0 amide bonds. The highest BCUT2D eigenvalue weighted by molar-refractivity contribution is 4.47. The van der Waals surface area contributed by atoms with Crippen molar-refractivity contribution < 1.29 is 0 Å². The Bertz CT molecular complexity index is 43.0. The predicted octanol–water partition coefficient (Wildman–Crippen LogP) is 7.18. The molecule has 16 heavy (non-hydrogen) atoms. The van der Waals surface area contributed by atoms with E-state index in [1.807, 2.05) is 41.5 Å². The second-order valence-electron chi connectivity index (χ2n) is 6.00. The second-order valence-corrected chi connectivity index (χ2v) is 6.00. The van der Waals surface area contributed by atoms with Gasteiger partial charge in [-0.25, -0.2) is 0 Å². The van der Waals surface area contributed by atoms with Crippen molar-refractivity contribution in [3.05, 3.63) is 0 Å². The molecule has 0 N–H and O–H groups in total. The molecule has 0 rings (SSSR count). The molecule has 0 heterocycles. The SMILES string of the molecule is CC.CC.CC.CC(C)(C)C.CC(C)(C)C. The van der Waals surface area contributed by atoms with Crippen molar-refractivity contribution in [2.45, 2.75) is 96.9 Å². The van der Waals surface area contributed by atoms with E-state index in [1.165, 1.54) is 0 Å². The van der Waals surface area contributed by atoms with E-state index >= 15 is 0 Å². The Labute approximate surface area is 108 Å². The van der Waals surface area contributed by atoms with Gasteiger partial charge in [-0.1, -0.05) is 96.9 Å². The minimum absolute atomic E-state index is 0.500. The van der Waals surface area contributed by atoms with Gasteiger partial charge in [0, 0.05) is 0 Å². The molecule has 0 saturated carbocycles. The summed E-state index contributed by atoms with van der Waals surface area (Å²) in [6.07, 6.45) is 0. The average molecular weight is 235 g/mol. The third kappa shape index (κ3) is 0. The Kier molecular flexibility index (Phi) is 38.0. The van der Waals surface area contributed by atoms with Gasteiger partial charge in [0.1, 0.15) is 0 Å². The Morgan fingerprint density at radius 3 is 0.312 bits per heavy atom. The number of hydrogen-bond acceptors (Lipinski definition) is 0. The molecular formula is C16H42. The van der Waals surface area contributed by atoms with Crippen LogP contribution in [0.4, 0.5) is 0 Å². The summed E-state index contributed by atoms with van der Waals surface area (Å²) in [5.74, 6) is 0. The molecule has 0 bridgehead atoms. The smallest absolute Gasteiger partial charge is 0.0411 e. The van der Waals surface area contributed by atoms with Crippen molar-refractivity contribution in [2.75, 3.05) is 0 Å². The maximum absolute atomic E-state index is 2.19. The zero-order chi connectivity index (χ0) is 15.0. The lowest BCUT2D eigenvalue weighted by Crippen LogP contribution is -1.93. The largest absolute Gasteiger partial charge is 0.0683 e. The van der Waals surface area contributed by atoms with Crippen LogP contribution in [0.2, 0.25) is 0 Å². The Balaban J connectivity index is -0.0000000345. The van der Waals surface area contributed by atoms with Crippen LogP contribution in [0.5, 0.6) is 0 Å². The van der Waals surface area contributed by atoms with Crippen LogP contribution in [0, 0.1) is 10.8 Å². The lowest BCUT2D eigenvalue weighted by Gasteiger charge is -2.05. The fourth-order valence-electron chi connectivity index (χ4n) is 0. The first-order chi connectivity index (χ1) is 7.00. The van der Waals surface area contributed by atoms with E-state index in [4.69, 9.17) is 0 Å². The van der Waals surface area contributed by atoms with Crippen LogP contribution in [0.15, 0.2) is 0 Å². The van der Waals surface area contributed by atoms with E-state index in [0.717, 1.165) is 0 Å². The highest BCUT2D eigenvalue weighted by Crippen LogP contribution is 2.08. The van der Waals surface area contributed by atoms with E-state index in [1.54, 1.807) is 0 Å². The van der Waals surface area contributed by atoms with Crippen molar-refractivity contribution in [2.24, 2.45) is 10.8 Å². The standard InChI is InChI=1S/2C5H12.3C2H6/c2*1-5(2,3)4;3*1-2/h2*1-4H3;3*1-2H3. The molecular weight excluding hydrogens is 192 g/mol. The molecule has 0 heteroatoms. The maximum atomic E-state index is 2.19. The van der Waals surface area contributed by atoms with Crippen LogP contribution in [-0.2, 0) is 0 Å². The van der Waals surface area contributed by atoms with Crippen molar-refractivity contribution in [3.8, 4) is 0 Å². The van der Waals surface area contributed by atoms with Crippen LogP contribution in [0.25, 0.3) is 0 Å². The quantitative estimate of drug-likeness (QED) is 0.416. The van der Waals surface area contributed by atoms with Gasteiger partial charge < -0.3 is 0 Å². The van der Waals surface area contributed by atoms with E-state index in [9.17, 15) is 0 Å². The highest BCUT2D eigenvalue weighted by atomic mass is 14.0. The molecule has 0 aliphatic rings. The highest BCUT2D eigenvalue weighted by Gasteiger charge is 1.96. The van der Waals surface area contributed by atoms with E-state index < -0.39 is 0 Å². The maximum Gasteiger partial charge on any atom is -0.0411 e. The molecule has 0 aromatic carbocycles. The number of hydrogen-bond donors (Lipinski definition) is 0. The van der Waals surface area contributed by atoms with Crippen molar-refractivity contribution >= 4 is 0 Å². The van der Waals surface area contributed by atoms with Crippen LogP contribution in [0.1, 0.15) is 96.9 Å². The van der Waals surface area contributed by atoms with Gasteiger partial charge in [0.25, 0.3) is 0 Å². The molecule has 0 atom stereocenters. The topological polar surface area (TPSA) is 0 Å². The minimum atomic E-state index is 0.500. The summed E-state index contributed by atoms with van der Waals surface area (Å²) in [7, 11) is 0. The summed E-state index contributed by atoms with van der Waals surface area (Å²) >= 11 is 0. The molecule has 0 aromatic heterocycles. The Hall–Kier alpha value is 0. The van der Waals surface area contributed by atoms with Crippen LogP contribution >= 0.6 is 0 Å². The summed E-state index contributed by atoms with van der Waals surface area (Å²) in [6, 6.07) is 0. The first-order valence-electron chi connectivity index (χ1n) is 7.00. The normalized spacial score (nSPS) is 8.62. The van der Waals surface area contributed by atoms with E-state index in [-0.39, 0.29) is 0 Å². The van der Waals surface area contributed by atoms with Gasteiger partial charge in [0.05, 0.1) is 0 Å². The number of rotatable bonds is 0. The Morgan fingerprint density at radius 1 is 0.312 bits per heavy atom. The van der Waals surface area contributed by atoms with Crippen LogP contribution < -0.4 is 0 Å². The molecule has 0 unspecified atom stereocenters. The monoisotopic (exact) mass is 234 g/mol. The van der Waals surface area contributed by atoms with Gasteiger partial charge in [0.2, 0.25) is 0 Å². The van der Waals surface area contributed by atoms with Gasteiger partial charge in [-0.05, 0) is 10.8 Å². The summed E-state index contributed by atoms with van der Waals surface area (Å²) < 4.78 is 0. The third-order valence-electron chi connectivity index (χ3n) is 0. The van der Waals surface area contributed by atoms with Gasteiger partial charge in [-0.15, -0.1) is 0 Å². The van der Waals surface area contributed by atoms with Gasteiger partial charge in [-0.2, -0.15) is 0 Å². The zero-order valence-corrected chi connectivity index (χ0v) is 15.0. The first kappa shape index (κ1) is 29.8. The van der Waals surface area contributed by atoms with Crippen LogP contribution in [-0.4, -0.2) is 0 Å². The van der Waals surface area contributed by atoms with Crippen molar-refractivity contribution in [3.63, 3.8) is 0 Å². The second kappa shape index (κ2) is 20.4. The molecule has 0 radical (unpaired) electrons. The van der Waals surface area contributed by atoms with Gasteiger partial charge in [-0.3, -0.25) is 0 Å². The fourth-order valence-corrected chi connectivity index (χ4v) is 0. The lowest BCUT2D eigenvalue weighted by molar-refractivity contribution is 0.469. The third-order valence-corrected chi connectivity index (χ3v) is 0. The average Bonchev–Trinajstić information content (AvgIpc) is 2.08. The van der Waals surface area contributed by atoms with Gasteiger partial charge in [0.15, 0.2) is 0 Å². The molecule has 0 aliphatic heterocycles. The Morgan fingerprint density at radius 2 is 0.312 bits per heavy atom. The summed E-state index contributed by atoms with van der Waals surface area (Å²) in [5.41, 5.74) is 1.00. The van der Waals surface area contributed by atoms with Crippen molar-refractivity contribution in [1.82, 2.24) is 0 Å². The fraction of sp³-hybridized carbons (Fsp3) is 1.00. The molecule has 0 nitrogen and oxygen atoms in total. The summed E-state index contributed by atoms with van der Waals surface area (Å²) in [5, 5.41) is 0. The molecule has 106 valence electrons. The molecule has 0 aliphatic carbocycles. The summed E-state index contributed by atoms with van der Waals surface area (Å²) in [4.78, 5) is 0. The molecule has 0 fully saturated rings. The van der Waals surface area contributed by atoms with Gasteiger partial charge >= 0.3 is 0 Å². The molecule has 0 aromatic rings. The zero-order valence-electron chi connectivity index (χ0n) is 15.0. The van der Waals surface area contributed by atoms with Crippen molar-refractivity contribution in [1.29, 1.82) is 0 Å². The molecule has 0 spiro atoms.